The Labute approximate surface area is 115 Å². The lowest BCUT2D eigenvalue weighted by Crippen LogP contribution is -2.06. The molecule has 0 saturated heterocycles. The first kappa shape index (κ1) is 13.2. The molecular formula is C13H16BrN3O. The van der Waals surface area contributed by atoms with Crippen LogP contribution in [0.25, 0.3) is 0 Å². The van der Waals surface area contributed by atoms with Gasteiger partial charge in [0.15, 0.2) is 4.60 Å². The van der Waals surface area contributed by atoms with Gasteiger partial charge in [-0.25, -0.2) is 4.68 Å². The SMILES string of the molecule is Cn1nnc(Br)c1C(O)CCCc1ccccc1. The monoisotopic (exact) mass is 309 g/mol. The van der Waals surface area contributed by atoms with Gasteiger partial charge in [0.1, 0.15) is 5.69 Å². The van der Waals surface area contributed by atoms with Crippen LogP contribution in [0.15, 0.2) is 34.9 Å². The fourth-order valence-electron chi connectivity index (χ4n) is 1.97. The second-order valence-corrected chi connectivity index (χ2v) is 5.03. The Balaban J connectivity index is 1.88. The second kappa shape index (κ2) is 6.11. The Morgan fingerprint density at radius 2 is 2.06 bits per heavy atom. The molecule has 2 aromatic rings. The standard InChI is InChI=1S/C13H16BrN3O/c1-17-12(13(14)15-16-17)11(18)9-5-8-10-6-3-2-4-7-10/h2-4,6-7,11,18H,5,8-9H2,1H3. The molecule has 0 aliphatic carbocycles. The molecule has 96 valence electrons. The first-order valence-electron chi connectivity index (χ1n) is 5.95. The molecule has 2 rings (SSSR count). The molecule has 0 bridgehead atoms. The van der Waals surface area contributed by atoms with Crippen molar-refractivity contribution >= 4 is 15.9 Å². The van der Waals surface area contributed by atoms with Crippen LogP contribution in [0.1, 0.15) is 30.2 Å². The van der Waals surface area contributed by atoms with Crippen molar-refractivity contribution in [3.05, 3.63) is 46.2 Å². The lowest BCUT2D eigenvalue weighted by molar-refractivity contribution is 0.154. The zero-order chi connectivity index (χ0) is 13.0. The summed E-state index contributed by atoms with van der Waals surface area (Å²) in [5.74, 6) is 0. The third-order valence-electron chi connectivity index (χ3n) is 2.93. The van der Waals surface area contributed by atoms with E-state index in [0.717, 1.165) is 18.5 Å². The number of rotatable bonds is 5. The van der Waals surface area contributed by atoms with Crippen LogP contribution in [0, 0.1) is 0 Å². The maximum Gasteiger partial charge on any atom is 0.154 e. The maximum atomic E-state index is 10.1. The van der Waals surface area contributed by atoms with Crippen molar-refractivity contribution in [1.29, 1.82) is 0 Å². The van der Waals surface area contributed by atoms with E-state index in [0.29, 0.717) is 11.0 Å². The van der Waals surface area contributed by atoms with E-state index in [-0.39, 0.29) is 0 Å². The zero-order valence-electron chi connectivity index (χ0n) is 10.3. The summed E-state index contributed by atoms with van der Waals surface area (Å²) in [6.07, 6.45) is 2.08. The molecule has 0 saturated carbocycles. The summed E-state index contributed by atoms with van der Waals surface area (Å²) in [5.41, 5.74) is 2.04. The second-order valence-electron chi connectivity index (χ2n) is 4.28. The van der Waals surface area contributed by atoms with Crippen LogP contribution < -0.4 is 0 Å². The van der Waals surface area contributed by atoms with E-state index in [1.54, 1.807) is 11.7 Å². The minimum Gasteiger partial charge on any atom is -0.387 e. The largest absolute Gasteiger partial charge is 0.387 e. The van der Waals surface area contributed by atoms with E-state index < -0.39 is 6.10 Å². The van der Waals surface area contributed by atoms with E-state index in [1.807, 2.05) is 18.2 Å². The number of hydrogen-bond donors (Lipinski definition) is 1. The molecule has 0 aliphatic heterocycles. The Morgan fingerprint density at radius 1 is 1.33 bits per heavy atom. The number of halogens is 1. The average Bonchev–Trinajstić information content (AvgIpc) is 2.70. The quantitative estimate of drug-likeness (QED) is 0.923. The molecule has 1 unspecified atom stereocenters. The van der Waals surface area contributed by atoms with Gasteiger partial charge < -0.3 is 5.11 Å². The van der Waals surface area contributed by atoms with Gasteiger partial charge in [-0.2, -0.15) is 0 Å². The Kier molecular flexibility index (Phi) is 4.49. The molecule has 5 heteroatoms. The van der Waals surface area contributed by atoms with Gasteiger partial charge in [0.2, 0.25) is 0 Å². The Bertz CT molecular complexity index is 479. The fourth-order valence-corrected chi connectivity index (χ4v) is 2.57. The van der Waals surface area contributed by atoms with Crippen molar-refractivity contribution < 1.29 is 5.11 Å². The van der Waals surface area contributed by atoms with Gasteiger partial charge in [0.05, 0.1) is 6.10 Å². The third-order valence-corrected chi connectivity index (χ3v) is 3.49. The summed E-state index contributed by atoms with van der Waals surface area (Å²) in [4.78, 5) is 0. The molecule has 0 aliphatic rings. The zero-order valence-corrected chi connectivity index (χ0v) is 11.8. The van der Waals surface area contributed by atoms with Crippen LogP contribution in [-0.4, -0.2) is 20.1 Å². The molecule has 4 nitrogen and oxygen atoms in total. The number of benzene rings is 1. The van der Waals surface area contributed by atoms with Crippen LogP contribution in [0.3, 0.4) is 0 Å². The summed E-state index contributed by atoms with van der Waals surface area (Å²) < 4.78 is 2.23. The molecular weight excluding hydrogens is 294 g/mol. The molecule has 1 N–H and O–H groups in total. The van der Waals surface area contributed by atoms with Gasteiger partial charge in [0.25, 0.3) is 0 Å². The van der Waals surface area contributed by atoms with Crippen molar-refractivity contribution in [3.8, 4) is 0 Å². The highest BCUT2D eigenvalue weighted by atomic mass is 79.9. The Morgan fingerprint density at radius 3 is 2.67 bits per heavy atom. The van der Waals surface area contributed by atoms with Gasteiger partial charge >= 0.3 is 0 Å². The minimum absolute atomic E-state index is 0.525. The molecule has 0 amide bonds. The lowest BCUT2D eigenvalue weighted by Gasteiger charge is -2.10. The van der Waals surface area contributed by atoms with Gasteiger partial charge in [-0.15, -0.1) is 5.10 Å². The third kappa shape index (κ3) is 3.17. The molecule has 0 spiro atoms. The molecule has 1 heterocycles. The van der Waals surface area contributed by atoms with E-state index in [2.05, 4.69) is 38.4 Å². The van der Waals surface area contributed by atoms with Gasteiger partial charge in [-0.1, -0.05) is 35.5 Å². The highest BCUT2D eigenvalue weighted by molar-refractivity contribution is 9.10. The van der Waals surface area contributed by atoms with Crippen LogP contribution >= 0.6 is 15.9 Å². The summed E-state index contributed by atoms with van der Waals surface area (Å²) in [5, 5.41) is 17.9. The Hall–Kier alpha value is -1.20. The summed E-state index contributed by atoms with van der Waals surface area (Å²) in [6.45, 7) is 0. The number of aromatic nitrogens is 3. The average molecular weight is 310 g/mol. The van der Waals surface area contributed by atoms with Gasteiger partial charge in [0, 0.05) is 7.05 Å². The molecule has 1 aromatic carbocycles. The molecule has 0 fully saturated rings. The number of aliphatic hydroxyl groups is 1. The molecule has 1 atom stereocenters. The van der Waals surface area contributed by atoms with Crippen LogP contribution in [0.2, 0.25) is 0 Å². The van der Waals surface area contributed by atoms with E-state index in [9.17, 15) is 5.11 Å². The summed E-state index contributed by atoms with van der Waals surface area (Å²) >= 11 is 3.30. The molecule has 18 heavy (non-hydrogen) atoms. The summed E-state index contributed by atoms with van der Waals surface area (Å²) in [6, 6.07) is 10.3. The van der Waals surface area contributed by atoms with Gasteiger partial charge in [-0.05, 0) is 40.8 Å². The number of nitrogens with zero attached hydrogens (tertiary/aromatic N) is 3. The van der Waals surface area contributed by atoms with Crippen LogP contribution in [0.5, 0.6) is 0 Å². The lowest BCUT2D eigenvalue weighted by atomic mass is 10.0. The minimum atomic E-state index is -0.525. The van der Waals surface area contributed by atoms with Gasteiger partial charge in [-0.3, -0.25) is 0 Å². The highest BCUT2D eigenvalue weighted by Gasteiger charge is 2.16. The predicted octanol–water partition coefficient (Wildman–Crippen LogP) is 2.63. The normalized spacial score (nSPS) is 12.6. The van der Waals surface area contributed by atoms with Crippen molar-refractivity contribution in [1.82, 2.24) is 15.0 Å². The van der Waals surface area contributed by atoms with Crippen molar-refractivity contribution in [2.45, 2.75) is 25.4 Å². The smallest absolute Gasteiger partial charge is 0.154 e. The predicted molar refractivity (Wildman–Crippen MR) is 73.0 cm³/mol. The van der Waals surface area contributed by atoms with E-state index in [4.69, 9.17) is 0 Å². The first-order valence-corrected chi connectivity index (χ1v) is 6.75. The summed E-state index contributed by atoms with van der Waals surface area (Å²) in [7, 11) is 1.79. The fraction of sp³-hybridized carbons (Fsp3) is 0.385. The first-order chi connectivity index (χ1) is 8.68. The highest BCUT2D eigenvalue weighted by Crippen LogP contribution is 2.24. The molecule has 1 aromatic heterocycles. The number of hydrogen-bond acceptors (Lipinski definition) is 3. The van der Waals surface area contributed by atoms with Crippen molar-refractivity contribution in [2.75, 3.05) is 0 Å². The van der Waals surface area contributed by atoms with E-state index in [1.165, 1.54) is 5.56 Å². The number of aryl methyl sites for hydroxylation is 2. The number of aliphatic hydroxyl groups excluding tert-OH is 1. The van der Waals surface area contributed by atoms with E-state index >= 15 is 0 Å². The van der Waals surface area contributed by atoms with Crippen molar-refractivity contribution in [2.24, 2.45) is 7.05 Å². The molecule has 0 radical (unpaired) electrons. The van der Waals surface area contributed by atoms with Crippen LogP contribution in [-0.2, 0) is 13.5 Å². The topological polar surface area (TPSA) is 50.9 Å². The maximum absolute atomic E-state index is 10.1. The van der Waals surface area contributed by atoms with Crippen LogP contribution in [0.4, 0.5) is 0 Å². The van der Waals surface area contributed by atoms with Crippen molar-refractivity contribution in [3.63, 3.8) is 0 Å².